The van der Waals surface area contributed by atoms with Gasteiger partial charge in [0.25, 0.3) is 0 Å². The Balaban J connectivity index is 0.000000361. The Morgan fingerprint density at radius 1 is 1.55 bits per heavy atom. The zero-order chi connectivity index (χ0) is 15.4. The summed E-state index contributed by atoms with van der Waals surface area (Å²) >= 11 is 0. The Kier molecular flexibility index (Phi) is 9.81. The zero-order valence-electron chi connectivity index (χ0n) is 11.7. The van der Waals surface area contributed by atoms with E-state index in [-0.39, 0.29) is 18.6 Å². The number of nitrogens with zero attached hydrogens (tertiary/aromatic N) is 7. The molecule has 20 heavy (non-hydrogen) atoms. The van der Waals surface area contributed by atoms with Crippen molar-refractivity contribution in [3.63, 3.8) is 0 Å². The van der Waals surface area contributed by atoms with Crippen LogP contribution in [-0.4, -0.2) is 61.8 Å². The van der Waals surface area contributed by atoms with Crippen molar-refractivity contribution in [2.75, 3.05) is 33.8 Å². The molecule has 1 aliphatic rings. The molecule has 2 unspecified atom stereocenters. The van der Waals surface area contributed by atoms with Gasteiger partial charge in [-0.05, 0) is 37.5 Å². The lowest BCUT2D eigenvalue weighted by Gasteiger charge is -2.05. The van der Waals surface area contributed by atoms with Gasteiger partial charge in [0.05, 0.1) is 12.6 Å². The fourth-order valence-corrected chi connectivity index (χ4v) is 1.54. The summed E-state index contributed by atoms with van der Waals surface area (Å²) in [5.41, 5.74) is 16.0. The molecule has 1 rings (SSSR count). The normalized spacial score (nSPS) is 18.4. The molecule has 2 atom stereocenters. The van der Waals surface area contributed by atoms with Gasteiger partial charge in [-0.1, -0.05) is 10.2 Å². The first-order chi connectivity index (χ1) is 9.60. The van der Waals surface area contributed by atoms with E-state index in [1.54, 1.807) is 11.9 Å². The third kappa shape index (κ3) is 6.81. The number of hydrogen-bond donors (Lipinski definition) is 2. The summed E-state index contributed by atoms with van der Waals surface area (Å²) < 4.78 is 0. The van der Waals surface area contributed by atoms with E-state index >= 15 is 0 Å². The van der Waals surface area contributed by atoms with Crippen LogP contribution in [0.4, 0.5) is 0 Å². The van der Waals surface area contributed by atoms with E-state index in [9.17, 15) is 4.79 Å². The molecule has 0 bridgehead atoms. The number of amides is 1. The molecule has 0 radical (unpaired) electrons. The van der Waals surface area contributed by atoms with Crippen LogP contribution >= 0.6 is 0 Å². The van der Waals surface area contributed by atoms with Crippen molar-refractivity contribution in [1.82, 2.24) is 10.2 Å². The number of aliphatic hydroxyl groups is 1. The third-order valence-corrected chi connectivity index (χ3v) is 2.74. The number of likely N-dealkylation sites (N-methyl/N-ethyl adjacent to an activating group) is 1. The van der Waals surface area contributed by atoms with Crippen LogP contribution in [0.5, 0.6) is 0 Å². The predicted octanol–water partition coefficient (Wildman–Crippen LogP) is 0.794. The minimum atomic E-state index is -0.449. The van der Waals surface area contributed by atoms with Crippen molar-refractivity contribution in [3.05, 3.63) is 20.9 Å². The van der Waals surface area contributed by atoms with Gasteiger partial charge in [0.15, 0.2) is 0 Å². The molecule has 10 nitrogen and oxygen atoms in total. The Bertz CT molecular complexity index is 389. The Hall–Kier alpha value is -1.99. The van der Waals surface area contributed by atoms with Crippen LogP contribution < -0.4 is 5.32 Å². The zero-order valence-corrected chi connectivity index (χ0v) is 11.7. The van der Waals surface area contributed by atoms with Gasteiger partial charge >= 0.3 is 0 Å². The van der Waals surface area contributed by atoms with E-state index in [0.29, 0.717) is 19.4 Å². The van der Waals surface area contributed by atoms with Crippen LogP contribution in [-0.2, 0) is 4.79 Å². The number of likely N-dealkylation sites (tertiary alicyclic amines) is 1. The predicted molar refractivity (Wildman–Crippen MR) is 73.8 cm³/mol. The van der Waals surface area contributed by atoms with E-state index in [2.05, 4.69) is 25.4 Å². The van der Waals surface area contributed by atoms with Crippen LogP contribution in [0, 0.1) is 0 Å². The molecule has 0 aromatic heterocycles. The first-order valence-corrected chi connectivity index (χ1v) is 6.19. The number of azide groups is 2. The van der Waals surface area contributed by atoms with E-state index < -0.39 is 6.04 Å². The molecule has 1 fully saturated rings. The first-order valence-electron chi connectivity index (χ1n) is 6.19. The number of aliphatic hydroxyl groups excluding tert-OH is 1. The van der Waals surface area contributed by atoms with Gasteiger partial charge in [-0.3, -0.25) is 4.79 Å². The van der Waals surface area contributed by atoms with Crippen molar-refractivity contribution in [2.45, 2.75) is 24.9 Å². The largest absolute Gasteiger partial charge is 0.396 e. The lowest BCUT2D eigenvalue weighted by molar-refractivity contribution is -0.127. The average Bonchev–Trinajstić information content (AvgIpc) is 2.77. The molecule has 1 aliphatic heterocycles. The van der Waals surface area contributed by atoms with Gasteiger partial charge in [0.1, 0.15) is 6.04 Å². The number of hydrogen-bond acceptors (Lipinski definition) is 5. The number of carbonyl (C=O) groups is 1. The van der Waals surface area contributed by atoms with Crippen LogP contribution in [0.3, 0.4) is 0 Å². The van der Waals surface area contributed by atoms with Gasteiger partial charge in [0, 0.05) is 23.4 Å². The molecule has 0 aromatic carbocycles. The van der Waals surface area contributed by atoms with Gasteiger partial charge in [0.2, 0.25) is 5.91 Å². The van der Waals surface area contributed by atoms with Crippen molar-refractivity contribution in [2.24, 2.45) is 10.2 Å². The van der Waals surface area contributed by atoms with Crippen LogP contribution in [0.2, 0.25) is 0 Å². The van der Waals surface area contributed by atoms with Crippen LogP contribution in [0.15, 0.2) is 10.2 Å². The molecule has 1 heterocycles. The smallest absolute Gasteiger partial charge is 0.231 e. The lowest BCUT2D eigenvalue weighted by atomic mass is 10.2. The molecule has 0 saturated carbocycles. The Morgan fingerprint density at radius 3 is 2.65 bits per heavy atom. The molecule has 0 aliphatic carbocycles. The Labute approximate surface area is 117 Å². The summed E-state index contributed by atoms with van der Waals surface area (Å²) in [5, 5.41) is 18.2. The standard InChI is InChI=1S/C5H8N4O.C5H12N4O/c1-9-3-2-4(5(9)10)7-8-6;1-7-3-2-5(4-10)8-9-6/h4H,2-3H2,1H3;5,7,10H,2-4H2,1H3. The quantitative estimate of drug-likeness (QED) is 0.421. The SMILES string of the molecule is CN1CCC(N=[N+]=[N-])C1=O.CNCCC(CO)N=[N+]=[N-]. The van der Waals surface area contributed by atoms with Gasteiger partial charge < -0.3 is 15.3 Å². The van der Waals surface area contributed by atoms with Gasteiger partial charge in [-0.15, -0.1) is 0 Å². The molecule has 0 aromatic rings. The second kappa shape index (κ2) is 10.9. The van der Waals surface area contributed by atoms with Crippen molar-refractivity contribution < 1.29 is 9.90 Å². The minimum absolute atomic E-state index is 0.0715. The monoisotopic (exact) mass is 284 g/mol. The highest BCUT2D eigenvalue weighted by Crippen LogP contribution is 2.11. The third-order valence-electron chi connectivity index (χ3n) is 2.74. The van der Waals surface area contributed by atoms with E-state index in [1.807, 2.05) is 7.05 Å². The minimum Gasteiger partial charge on any atom is -0.396 e. The fourth-order valence-electron chi connectivity index (χ4n) is 1.54. The summed E-state index contributed by atoms with van der Waals surface area (Å²) in [6.07, 6.45) is 1.33. The van der Waals surface area contributed by atoms with E-state index in [0.717, 1.165) is 6.54 Å². The maximum absolute atomic E-state index is 11.0. The van der Waals surface area contributed by atoms with Crippen LogP contribution in [0.1, 0.15) is 12.8 Å². The van der Waals surface area contributed by atoms with Crippen molar-refractivity contribution in [3.8, 4) is 0 Å². The molecule has 112 valence electrons. The highest BCUT2D eigenvalue weighted by atomic mass is 16.3. The maximum Gasteiger partial charge on any atom is 0.231 e. The van der Waals surface area contributed by atoms with Crippen LogP contribution in [0.25, 0.3) is 20.9 Å². The van der Waals surface area contributed by atoms with Crippen molar-refractivity contribution in [1.29, 1.82) is 0 Å². The summed E-state index contributed by atoms with van der Waals surface area (Å²) in [5.74, 6) is -0.0715. The summed E-state index contributed by atoms with van der Waals surface area (Å²) in [6, 6.07) is -0.729. The topological polar surface area (TPSA) is 150 Å². The number of rotatable bonds is 6. The maximum atomic E-state index is 11.0. The number of carbonyl (C=O) groups excluding carboxylic acids is 1. The van der Waals surface area contributed by atoms with Gasteiger partial charge in [-0.25, -0.2) is 0 Å². The highest BCUT2D eigenvalue weighted by molar-refractivity contribution is 5.83. The van der Waals surface area contributed by atoms with E-state index in [1.165, 1.54) is 0 Å². The molecule has 1 saturated heterocycles. The molecule has 2 N–H and O–H groups in total. The lowest BCUT2D eigenvalue weighted by Crippen LogP contribution is -2.23. The van der Waals surface area contributed by atoms with Gasteiger partial charge in [-0.2, -0.15) is 0 Å². The highest BCUT2D eigenvalue weighted by Gasteiger charge is 2.27. The fraction of sp³-hybridized carbons (Fsp3) is 0.900. The summed E-state index contributed by atoms with van der Waals surface area (Å²) in [6.45, 7) is 1.37. The molecular formula is C10H20N8O2. The Morgan fingerprint density at radius 2 is 2.25 bits per heavy atom. The second-order valence-corrected chi connectivity index (χ2v) is 4.20. The number of nitrogens with one attached hydrogen (secondary N) is 1. The van der Waals surface area contributed by atoms with Crippen molar-refractivity contribution >= 4 is 5.91 Å². The summed E-state index contributed by atoms with van der Waals surface area (Å²) in [4.78, 5) is 17.7. The molecule has 1 amide bonds. The summed E-state index contributed by atoms with van der Waals surface area (Å²) in [7, 11) is 3.51. The van der Waals surface area contributed by atoms with E-state index in [4.69, 9.17) is 16.2 Å². The molecule has 10 heteroatoms. The first kappa shape index (κ1) is 18.0. The molecule has 0 spiro atoms. The molecular weight excluding hydrogens is 264 g/mol. The second-order valence-electron chi connectivity index (χ2n) is 4.20. The average molecular weight is 284 g/mol.